The lowest BCUT2D eigenvalue weighted by atomic mass is 10.1. The molecule has 2 N–H and O–H groups in total. The van der Waals surface area contributed by atoms with Gasteiger partial charge in [-0.2, -0.15) is 0 Å². The van der Waals surface area contributed by atoms with Crippen molar-refractivity contribution < 1.29 is 14.6 Å². The molecule has 0 aliphatic heterocycles. The normalized spacial score (nSPS) is 10.1. The fourth-order valence-electron chi connectivity index (χ4n) is 1.89. The maximum atomic E-state index is 11.1. The number of rotatable bonds is 6. The van der Waals surface area contributed by atoms with Crippen LogP contribution >= 0.6 is 0 Å². The van der Waals surface area contributed by atoms with E-state index in [9.17, 15) is 4.79 Å². The average molecular weight is 272 g/mol. The summed E-state index contributed by atoms with van der Waals surface area (Å²) in [4.78, 5) is 15.0. The van der Waals surface area contributed by atoms with Crippen LogP contribution in [0.4, 0.5) is 5.69 Å². The molecule has 0 atom stereocenters. The van der Waals surface area contributed by atoms with Crippen molar-refractivity contribution in [1.29, 1.82) is 0 Å². The number of hydrogen-bond acceptors (Lipinski definition) is 4. The first-order valence-corrected chi connectivity index (χ1v) is 6.25. The molecule has 1 aromatic carbocycles. The van der Waals surface area contributed by atoms with Crippen molar-refractivity contribution in [2.24, 2.45) is 0 Å². The Morgan fingerprint density at radius 3 is 3.00 bits per heavy atom. The number of hydrogen-bond donors (Lipinski definition) is 2. The summed E-state index contributed by atoms with van der Waals surface area (Å²) in [6.07, 6.45) is 3.76. The molecule has 0 spiro atoms. The van der Waals surface area contributed by atoms with Crippen LogP contribution in [0.3, 0.4) is 0 Å². The van der Waals surface area contributed by atoms with E-state index in [-0.39, 0.29) is 5.56 Å². The number of pyridine rings is 1. The fraction of sp³-hybridized carbons (Fsp3) is 0.200. The fourth-order valence-corrected chi connectivity index (χ4v) is 1.89. The van der Waals surface area contributed by atoms with E-state index in [4.69, 9.17) is 9.84 Å². The van der Waals surface area contributed by atoms with E-state index < -0.39 is 5.97 Å². The molecule has 20 heavy (non-hydrogen) atoms. The van der Waals surface area contributed by atoms with Gasteiger partial charge in [-0.3, -0.25) is 4.98 Å². The van der Waals surface area contributed by atoms with Crippen molar-refractivity contribution in [2.45, 2.75) is 6.42 Å². The van der Waals surface area contributed by atoms with Crippen LogP contribution in [0.2, 0.25) is 0 Å². The van der Waals surface area contributed by atoms with Crippen molar-refractivity contribution in [1.82, 2.24) is 4.98 Å². The lowest BCUT2D eigenvalue weighted by molar-refractivity contribution is 0.0698. The molecule has 0 unspecified atom stereocenters. The Hall–Kier alpha value is -2.56. The van der Waals surface area contributed by atoms with Crippen molar-refractivity contribution >= 4 is 11.7 Å². The van der Waals surface area contributed by atoms with Crippen LogP contribution in [0.25, 0.3) is 0 Å². The molecule has 0 saturated heterocycles. The number of carboxylic acid groups (broad SMARTS) is 1. The third-order valence-corrected chi connectivity index (χ3v) is 2.91. The quantitative estimate of drug-likeness (QED) is 0.845. The summed E-state index contributed by atoms with van der Waals surface area (Å²) in [5, 5.41) is 12.2. The molecule has 2 rings (SSSR count). The summed E-state index contributed by atoms with van der Waals surface area (Å²) >= 11 is 0. The highest BCUT2D eigenvalue weighted by atomic mass is 16.5. The Labute approximate surface area is 117 Å². The minimum atomic E-state index is -0.962. The minimum Gasteiger partial charge on any atom is -0.497 e. The van der Waals surface area contributed by atoms with Crippen molar-refractivity contribution in [3.05, 3.63) is 53.9 Å². The highest BCUT2D eigenvalue weighted by Gasteiger charge is 2.08. The Balaban J connectivity index is 1.97. The predicted octanol–water partition coefficient (Wildman–Crippen LogP) is 2.44. The van der Waals surface area contributed by atoms with E-state index in [0.717, 1.165) is 17.7 Å². The number of nitrogens with one attached hydrogen (secondary N) is 1. The molecule has 5 heteroatoms. The van der Waals surface area contributed by atoms with Gasteiger partial charge in [-0.05, 0) is 30.2 Å². The Kier molecular flexibility index (Phi) is 4.55. The second-order valence-corrected chi connectivity index (χ2v) is 4.25. The monoisotopic (exact) mass is 272 g/mol. The van der Waals surface area contributed by atoms with Crippen molar-refractivity contribution in [2.75, 3.05) is 19.0 Å². The maximum Gasteiger partial charge on any atom is 0.337 e. The summed E-state index contributed by atoms with van der Waals surface area (Å²) in [5.74, 6) is -0.147. The smallest absolute Gasteiger partial charge is 0.337 e. The standard InChI is InChI=1S/C15H16N2O3/c1-20-12-4-2-3-11(9-12)5-8-17-14-10-16-7-6-13(14)15(18)19/h2-4,6-7,9-10,17H,5,8H2,1H3,(H,18,19). The first kappa shape index (κ1) is 13.9. The highest BCUT2D eigenvalue weighted by Crippen LogP contribution is 2.15. The van der Waals surface area contributed by atoms with Crippen LogP contribution in [0, 0.1) is 0 Å². The second-order valence-electron chi connectivity index (χ2n) is 4.25. The summed E-state index contributed by atoms with van der Waals surface area (Å²) < 4.78 is 5.16. The van der Waals surface area contributed by atoms with Crippen LogP contribution in [0.15, 0.2) is 42.7 Å². The predicted molar refractivity (Wildman–Crippen MR) is 76.4 cm³/mol. The number of anilines is 1. The van der Waals surface area contributed by atoms with E-state index in [1.807, 2.05) is 24.3 Å². The Morgan fingerprint density at radius 1 is 1.40 bits per heavy atom. The van der Waals surface area contributed by atoms with Gasteiger partial charge >= 0.3 is 5.97 Å². The van der Waals surface area contributed by atoms with Gasteiger partial charge in [-0.1, -0.05) is 12.1 Å². The van der Waals surface area contributed by atoms with Crippen LogP contribution in [-0.4, -0.2) is 29.7 Å². The van der Waals surface area contributed by atoms with E-state index >= 15 is 0 Å². The average Bonchev–Trinajstić information content (AvgIpc) is 2.48. The lowest BCUT2D eigenvalue weighted by Crippen LogP contribution is -2.09. The molecule has 104 valence electrons. The number of methoxy groups -OCH3 is 1. The Bertz CT molecular complexity index is 599. The van der Waals surface area contributed by atoms with Crippen molar-refractivity contribution in [3.8, 4) is 5.75 Å². The van der Waals surface area contributed by atoms with Gasteiger partial charge in [-0.25, -0.2) is 4.79 Å². The second kappa shape index (κ2) is 6.56. The Morgan fingerprint density at radius 2 is 2.25 bits per heavy atom. The molecular weight excluding hydrogens is 256 g/mol. The molecule has 0 saturated carbocycles. The molecule has 0 bridgehead atoms. The minimum absolute atomic E-state index is 0.227. The van der Waals surface area contributed by atoms with Gasteiger partial charge in [0.05, 0.1) is 24.6 Å². The third-order valence-electron chi connectivity index (χ3n) is 2.91. The number of aromatic carboxylic acids is 1. The number of nitrogens with zero attached hydrogens (tertiary/aromatic N) is 1. The SMILES string of the molecule is COc1cccc(CCNc2cnccc2C(=O)O)c1. The van der Waals surface area contributed by atoms with Crippen LogP contribution in [-0.2, 0) is 6.42 Å². The summed E-state index contributed by atoms with van der Waals surface area (Å²) in [6.45, 7) is 0.624. The molecule has 0 amide bonds. The number of carbonyl (C=O) groups is 1. The first-order chi connectivity index (χ1) is 9.70. The molecule has 1 heterocycles. The lowest BCUT2D eigenvalue weighted by Gasteiger charge is -2.09. The third kappa shape index (κ3) is 3.47. The molecular formula is C15H16N2O3. The maximum absolute atomic E-state index is 11.1. The molecule has 0 aliphatic rings. The zero-order valence-corrected chi connectivity index (χ0v) is 11.2. The zero-order valence-electron chi connectivity index (χ0n) is 11.2. The van der Waals surface area contributed by atoms with Gasteiger partial charge in [0.2, 0.25) is 0 Å². The van der Waals surface area contributed by atoms with Gasteiger partial charge in [0.25, 0.3) is 0 Å². The first-order valence-electron chi connectivity index (χ1n) is 6.25. The molecule has 2 aromatic rings. The number of ether oxygens (including phenoxy) is 1. The largest absolute Gasteiger partial charge is 0.497 e. The van der Waals surface area contributed by atoms with Gasteiger partial charge in [0.1, 0.15) is 5.75 Å². The summed E-state index contributed by atoms with van der Waals surface area (Å²) in [7, 11) is 1.63. The number of benzene rings is 1. The van der Waals surface area contributed by atoms with Crippen LogP contribution in [0.1, 0.15) is 15.9 Å². The molecule has 0 aliphatic carbocycles. The number of aromatic nitrogens is 1. The van der Waals surface area contributed by atoms with Gasteiger partial charge in [-0.15, -0.1) is 0 Å². The molecule has 0 radical (unpaired) electrons. The van der Waals surface area contributed by atoms with E-state index in [0.29, 0.717) is 12.2 Å². The molecule has 0 fully saturated rings. The topological polar surface area (TPSA) is 71.5 Å². The van der Waals surface area contributed by atoms with Crippen molar-refractivity contribution in [3.63, 3.8) is 0 Å². The van der Waals surface area contributed by atoms with E-state index in [1.165, 1.54) is 18.5 Å². The zero-order chi connectivity index (χ0) is 14.4. The highest BCUT2D eigenvalue weighted by molar-refractivity contribution is 5.93. The van der Waals surface area contributed by atoms with E-state index in [2.05, 4.69) is 10.3 Å². The van der Waals surface area contributed by atoms with Crippen LogP contribution in [0.5, 0.6) is 5.75 Å². The van der Waals surface area contributed by atoms with Gasteiger partial charge in [0.15, 0.2) is 0 Å². The summed E-state index contributed by atoms with van der Waals surface area (Å²) in [5.41, 5.74) is 1.88. The summed E-state index contributed by atoms with van der Waals surface area (Å²) in [6, 6.07) is 9.27. The van der Waals surface area contributed by atoms with Gasteiger partial charge < -0.3 is 15.2 Å². The van der Waals surface area contributed by atoms with Gasteiger partial charge in [0, 0.05) is 12.7 Å². The molecule has 5 nitrogen and oxygen atoms in total. The van der Waals surface area contributed by atoms with E-state index in [1.54, 1.807) is 7.11 Å². The number of carboxylic acids is 1. The molecule has 1 aromatic heterocycles. The van der Waals surface area contributed by atoms with Crippen LogP contribution < -0.4 is 10.1 Å².